The van der Waals surface area contributed by atoms with Crippen LogP contribution in [0, 0.1) is 0 Å². The quantitative estimate of drug-likeness (QED) is 0.613. The predicted molar refractivity (Wildman–Crippen MR) is 110 cm³/mol. The number of thiazole rings is 1. The van der Waals surface area contributed by atoms with Crippen LogP contribution in [-0.2, 0) is 4.74 Å². The van der Waals surface area contributed by atoms with Crippen LogP contribution in [0.3, 0.4) is 0 Å². The van der Waals surface area contributed by atoms with Gasteiger partial charge in [0.25, 0.3) is 5.91 Å². The van der Waals surface area contributed by atoms with Gasteiger partial charge in [-0.25, -0.2) is 9.97 Å². The van der Waals surface area contributed by atoms with Gasteiger partial charge in [-0.05, 0) is 18.6 Å². The summed E-state index contributed by atoms with van der Waals surface area (Å²) in [5.41, 5.74) is 1.02. The predicted octanol–water partition coefficient (Wildman–Crippen LogP) is 3.11. The number of benzene rings is 1. The van der Waals surface area contributed by atoms with Crippen LogP contribution in [-0.4, -0.2) is 65.2 Å². The van der Waals surface area contributed by atoms with Gasteiger partial charge in [0.15, 0.2) is 5.13 Å². The third kappa shape index (κ3) is 4.30. The van der Waals surface area contributed by atoms with E-state index in [1.165, 1.54) is 23.7 Å². The number of rotatable bonds is 6. The molecule has 0 bridgehead atoms. The van der Waals surface area contributed by atoms with Crippen LogP contribution in [0.2, 0.25) is 5.02 Å². The van der Waals surface area contributed by atoms with Crippen LogP contribution in [0.4, 0.5) is 5.13 Å². The molecule has 1 aromatic carbocycles. The number of carbonyl (C=O) groups excluding carboxylic acids is 1. The molecule has 3 heterocycles. The van der Waals surface area contributed by atoms with E-state index < -0.39 is 0 Å². The zero-order chi connectivity index (χ0) is 19.3. The lowest BCUT2D eigenvalue weighted by Crippen LogP contribution is -2.39. The second-order valence-corrected chi connectivity index (χ2v) is 7.85. The van der Waals surface area contributed by atoms with Gasteiger partial charge in [0.05, 0.1) is 29.1 Å². The molecular weight excluding hydrogens is 398 g/mol. The normalized spacial score (nSPS) is 15.0. The molecule has 7 nitrogen and oxygen atoms in total. The summed E-state index contributed by atoms with van der Waals surface area (Å²) in [6.45, 7) is 4.82. The van der Waals surface area contributed by atoms with Crippen LogP contribution in [0.25, 0.3) is 10.2 Å². The summed E-state index contributed by atoms with van der Waals surface area (Å²) in [5, 5.41) is 1.21. The highest BCUT2D eigenvalue weighted by atomic mass is 35.5. The Balaban J connectivity index is 1.56. The first-order valence-corrected chi connectivity index (χ1v) is 10.3. The number of ether oxygens (including phenoxy) is 1. The van der Waals surface area contributed by atoms with Crippen molar-refractivity contribution < 1.29 is 9.53 Å². The van der Waals surface area contributed by atoms with Gasteiger partial charge in [-0.2, -0.15) is 0 Å². The zero-order valence-corrected chi connectivity index (χ0v) is 16.8. The summed E-state index contributed by atoms with van der Waals surface area (Å²) in [6.07, 6.45) is 5.39. The Morgan fingerprint density at radius 2 is 2.14 bits per heavy atom. The standard InChI is InChI=1S/C19H20ClN5O2S/c20-14-3-1-4-16-17(14)23-19(28-16)25(18(26)15-13-21-5-6-22-15)8-2-7-24-9-11-27-12-10-24/h1,3-6,13H,2,7-12H2. The Morgan fingerprint density at radius 3 is 2.89 bits per heavy atom. The van der Waals surface area contributed by atoms with Crippen molar-refractivity contribution in [2.24, 2.45) is 0 Å². The Hall–Kier alpha value is -2.13. The molecule has 28 heavy (non-hydrogen) atoms. The number of halogens is 1. The second-order valence-electron chi connectivity index (χ2n) is 6.44. The smallest absolute Gasteiger partial charge is 0.280 e. The zero-order valence-electron chi connectivity index (χ0n) is 15.3. The lowest BCUT2D eigenvalue weighted by atomic mass is 10.3. The molecule has 9 heteroatoms. The first kappa shape index (κ1) is 19.2. The number of para-hydroxylation sites is 1. The van der Waals surface area contributed by atoms with Crippen molar-refractivity contribution in [1.82, 2.24) is 19.9 Å². The number of hydrogen-bond acceptors (Lipinski definition) is 7. The highest BCUT2D eigenvalue weighted by Gasteiger charge is 2.23. The van der Waals surface area contributed by atoms with Crippen molar-refractivity contribution in [3.8, 4) is 0 Å². The van der Waals surface area contributed by atoms with Gasteiger partial charge in [-0.1, -0.05) is 29.0 Å². The van der Waals surface area contributed by atoms with Crippen LogP contribution in [0.5, 0.6) is 0 Å². The number of hydrogen-bond donors (Lipinski definition) is 0. The van der Waals surface area contributed by atoms with Crippen molar-refractivity contribution in [2.75, 3.05) is 44.3 Å². The average molecular weight is 418 g/mol. The number of carbonyl (C=O) groups is 1. The fourth-order valence-corrected chi connectivity index (χ4v) is 4.42. The molecule has 1 aliphatic heterocycles. The van der Waals surface area contributed by atoms with Crippen molar-refractivity contribution >= 4 is 44.2 Å². The topological polar surface area (TPSA) is 71.5 Å². The van der Waals surface area contributed by atoms with Crippen molar-refractivity contribution in [3.63, 3.8) is 0 Å². The number of anilines is 1. The highest BCUT2D eigenvalue weighted by molar-refractivity contribution is 7.22. The van der Waals surface area contributed by atoms with E-state index in [9.17, 15) is 4.79 Å². The first-order valence-electron chi connectivity index (χ1n) is 9.15. The van der Waals surface area contributed by atoms with Crippen LogP contribution in [0.15, 0.2) is 36.8 Å². The first-order chi connectivity index (χ1) is 13.7. The molecular formula is C19H20ClN5O2S. The van der Waals surface area contributed by atoms with Crippen molar-refractivity contribution in [2.45, 2.75) is 6.42 Å². The fraction of sp³-hybridized carbons (Fsp3) is 0.368. The molecule has 146 valence electrons. The molecule has 0 aliphatic carbocycles. The van der Waals surface area contributed by atoms with Crippen molar-refractivity contribution in [3.05, 3.63) is 47.5 Å². The summed E-state index contributed by atoms with van der Waals surface area (Å²) in [5.74, 6) is -0.203. The Kier molecular flexibility index (Phi) is 6.11. The van der Waals surface area contributed by atoms with E-state index in [1.807, 2.05) is 12.1 Å². The van der Waals surface area contributed by atoms with Crippen LogP contribution in [0.1, 0.15) is 16.9 Å². The Labute approximate surface area is 171 Å². The van der Waals surface area contributed by atoms with Crippen molar-refractivity contribution in [1.29, 1.82) is 0 Å². The number of amides is 1. The van der Waals surface area contributed by atoms with Crippen LogP contribution < -0.4 is 4.90 Å². The van der Waals surface area contributed by atoms with E-state index in [2.05, 4.69) is 19.9 Å². The molecule has 1 aliphatic rings. The minimum Gasteiger partial charge on any atom is -0.379 e. The maximum Gasteiger partial charge on any atom is 0.280 e. The number of fused-ring (bicyclic) bond motifs is 1. The Morgan fingerprint density at radius 1 is 1.29 bits per heavy atom. The molecule has 0 radical (unpaired) electrons. The minimum absolute atomic E-state index is 0.203. The van der Waals surface area contributed by atoms with Gasteiger partial charge in [0.1, 0.15) is 11.2 Å². The largest absolute Gasteiger partial charge is 0.379 e. The van der Waals surface area contributed by atoms with E-state index in [-0.39, 0.29) is 5.91 Å². The minimum atomic E-state index is -0.203. The lowest BCUT2D eigenvalue weighted by molar-refractivity contribution is 0.0376. The van der Waals surface area contributed by atoms with Gasteiger partial charge in [-0.15, -0.1) is 0 Å². The maximum absolute atomic E-state index is 13.1. The molecule has 0 spiro atoms. The Bertz CT molecular complexity index is 946. The molecule has 1 amide bonds. The fourth-order valence-electron chi connectivity index (χ4n) is 3.13. The molecule has 1 saturated heterocycles. The average Bonchev–Trinajstić information content (AvgIpc) is 3.17. The summed E-state index contributed by atoms with van der Waals surface area (Å²) in [6, 6.07) is 5.65. The molecule has 3 aromatic rings. The third-order valence-corrected chi connectivity index (χ3v) is 5.93. The van der Waals surface area contributed by atoms with E-state index in [1.54, 1.807) is 17.2 Å². The van der Waals surface area contributed by atoms with E-state index in [0.29, 0.717) is 27.9 Å². The van der Waals surface area contributed by atoms with E-state index in [4.69, 9.17) is 16.3 Å². The van der Waals surface area contributed by atoms with Gasteiger partial charge < -0.3 is 4.74 Å². The third-order valence-electron chi connectivity index (χ3n) is 4.58. The molecule has 0 saturated carbocycles. The summed E-state index contributed by atoms with van der Waals surface area (Å²) < 4.78 is 6.35. The maximum atomic E-state index is 13.1. The number of nitrogens with zero attached hydrogens (tertiary/aromatic N) is 5. The molecule has 4 rings (SSSR count). The SMILES string of the molecule is O=C(c1cnccn1)N(CCCN1CCOCC1)c1nc2c(Cl)cccc2s1. The second kappa shape index (κ2) is 8.91. The van der Waals surface area contributed by atoms with Gasteiger partial charge in [-0.3, -0.25) is 19.6 Å². The monoisotopic (exact) mass is 417 g/mol. The molecule has 0 atom stereocenters. The molecule has 2 aromatic heterocycles. The molecule has 0 N–H and O–H groups in total. The summed E-state index contributed by atoms with van der Waals surface area (Å²) in [7, 11) is 0. The molecule has 0 unspecified atom stereocenters. The number of aromatic nitrogens is 3. The van der Waals surface area contributed by atoms with E-state index in [0.717, 1.165) is 44.0 Å². The number of morpholine rings is 1. The van der Waals surface area contributed by atoms with E-state index >= 15 is 0 Å². The highest BCUT2D eigenvalue weighted by Crippen LogP contribution is 2.33. The summed E-state index contributed by atoms with van der Waals surface area (Å²) >= 11 is 7.73. The van der Waals surface area contributed by atoms with Crippen LogP contribution >= 0.6 is 22.9 Å². The van der Waals surface area contributed by atoms with Gasteiger partial charge in [0.2, 0.25) is 0 Å². The van der Waals surface area contributed by atoms with Gasteiger partial charge >= 0.3 is 0 Å². The lowest BCUT2D eigenvalue weighted by Gasteiger charge is -2.27. The molecule has 1 fully saturated rings. The van der Waals surface area contributed by atoms with Gasteiger partial charge in [0, 0.05) is 38.6 Å². The summed E-state index contributed by atoms with van der Waals surface area (Å²) in [4.78, 5) is 30.0.